The Bertz CT molecular complexity index is 1100. The number of carbonyl (C=O) groups excluding carboxylic acids is 1. The molecule has 1 fully saturated rings. The van der Waals surface area contributed by atoms with Crippen LogP contribution in [0, 0.1) is 17.0 Å². The highest BCUT2D eigenvalue weighted by molar-refractivity contribution is 5.93. The van der Waals surface area contributed by atoms with Crippen molar-refractivity contribution in [2.45, 2.75) is 6.92 Å². The van der Waals surface area contributed by atoms with E-state index < -0.39 is 4.92 Å². The minimum absolute atomic E-state index is 0.00650. The Hall–Kier alpha value is -3.60. The number of aromatic nitrogens is 4. The summed E-state index contributed by atoms with van der Waals surface area (Å²) in [6.07, 6.45) is 3.31. The van der Waals surface area contributed by atoms with Crippen molar-refractivity contribution >= 4 is 34.1 Å². The Morgan fingerprint density at radius 1 is 1.23 bits per heavy atom. The van der Waals surface area contributed by atoms with Gasteiger partial charge in [-0.05, 0) is 13.0 Å². The molecule has 1 saturated heterocycles. The molecule has 3 aromatic rings. The van der Waals surface area contributed by atoms with Gasteiger partial charge < -0.3 is 10.2 Å². The fraction of sp³-hybridized carbons (Fsp3) is 0.368. The first-order valence-corrected chi connectivity index (χ1v) is 9.58. The van der Waals surface area contributed by atoms with Gasteiger partial charge in [0.15, 0.2) is 5.65 Å². The maximum Gasteiger partial charge on any atom is 0.274 e. The molecule has 0 atom stereocenters. The maximum absolute atomic E-state index is 12.5. The first-order chi connectivity index (χ1) is 14.4. The quantitative estimate of drug-likeness (QED) is 0.494. The van der Waals surface area contributed by atoms with E-state index in [0.717, 1.165) is 29.9 Å². The van der Waals surface area contributed by atoms with Gasteiger partial charge in [0.25, 0.3) is 5.69 Å². The van der Waals surface area contributed by atoms with E-state index in [1.165, 1.54) is 6.07 Å². The fourth-order valence-electron chi connectivity index (χ4n) is 3.67. The highest BCUT2D eigenvalue weighted by Crippen LogP contribution is 2.25. The summed E-state index contributed by atoms with van der Waals surface area (Å²) in [5.41, 5.74) is 1.69. The van der Waals surface area contributed by atoms with Crippen LogP contribution in [0.4, 0.5) is 17.2 Å². The molecule has 4 rings (SSSR count). The average Bonchev–Trinajstić information content (AvgIpc) is 3.11. The third-order valence-corrected chi connectivity index (χ3v) is 5.32. The molecule has 11 heteroatoms. The van der Waals surface area contributed by atoms with Crippen LogP contribution < -0.4 is 10.2 Å². The van der Waals surface area contributed by atoms with Crippen molar-refractivity contribution in [3.05, 3.63) is 46.4 Å². The Kier molecular flexibility index (Phi) is 5.27. The molecule has 2 aromatic heterocycles. The van der Waals surface area contributed by atoms with Gasteiger partial charge in [-0.15, -0.1) is 0 Å². The zero-order chi connectivity index (χ0) is 21.3. The van der Waals surface area contributed by atoms with Gasteiger partial charge in [-0.25, -0.2) is 9.97 Å². The molecular weight excluding hydrogens is 388 g/mol. The summed E-state index contributed by atoms with van der Waals surface area (Å²) < 4.78 is 1.72. The predicted molar refractivity (Wildman–Crippen MR) is 111 cm³/mol. The Labute approximate surface area is 172 Å². The largest absolute Gasteiger partial charge is 0.353 e. The van der Waals surface area contributed by atoms with Gasteiger partial charge >= 0.3 is 0 Å². The number of benzene rings is 1. The van der Waals surface area contributed by atoms with Crippen LogP contribution in [0.1, 0.15) is 5.56 Å². The molecule has 30 heavy (non-hydrogen) atoms. The van der Waals surface area contributed by atoms with Gasteiger partial charge in [-0.2, -0.15) is 5.10 Å². The van der Waals surface area contributed by atoms with Gasteiger partial charge in [0.1, 0.15) is 12.1 Å². The molecule has 3 heterocycles. The molecule has 156 valence electrons. The van der Waals surface area contributed by atoms with Crippen molar-refractivity contribution in [3.63, 3.8) is 0 Å². The average molecular weight is 410 g/mol. The minimum Gasteiger partial charge on any atom is -0.353 e. The molecule has 1 aliphatic heterocycles. The lowest BCUT2D eigenvalue weighted by atomic mass is 10.1. The second-order valence-corrected chi connectivity index (χ2v) is 7.22. The first kappa shape index (κ1) is 19.7. The minimum atomic E-state index is -0.448. The summed E-state index contributed by atoms with van der Waals surface area (Å²) in [6.45, 7) is 4.71. The van der Waals surface area contributed by atoms with E-state index in [4.69, 9.17) is 0 Å². The number of hydrogen-bond acceptors (Lipinski definition) is 8. The molecule has 0 aliphatic carbocycles. The number of carbonyl (C=O) groups is 1. The zero-order valence-electron chi connectivity index (χ0n) is 16.8. The fourth-order valence-corrected chi connectivity index (χ4v) is 3.67. The van der Waals surface area contributed by atoms with Crippen LogP contribution in [0.15, 0.2) is 30.7 Å². The summed E-state index contributed by atoms with van der Waals surface area (Å²) in [5.74, 6) is 0.660. The van der Waals surface area contributed by atoms with Crippen molar-refractivity contribution in [1.29, 1.82) is 0 Å². The van der Waals surface area contributed by atoms with E-state index in [9.17, 15) is 14.9 Å². The normalized spacial score (nSPS) is 14.8. The number of nitrogens with one attached hydrogen (secondary N) is 1. The van der Waals surface area contributed by atoms with E-state index >= 15 is 0 Å². The lowest BCUT2D eigenvalue weighted by molar-refractivity contribution is -0.385. The molecule has 0 bridgehead atoms. The number of fused-ring (bicyclic) bond motifs is 1. The number of rotatable bonds is 5. The molecule has 1 aromatic carbocycles. The summed E-state index contributed by atoms with van der Waals surface area (Å²) in [7, 11) is 1.85. The Balaban J connectivity index is 1.36. The zero-order valence-corrected chi connectivity index (χ0v) is 16.8. The van der Waals surface area contributed by atoms with Crippen LogP contribution in [0.3, 0.4) is 0 Å². The van der Waals surface area contributed by atoms with E-state index in [0.29, 0.717) is 24.3 Å². The van der Waals surface area contributed by atoms with Gasteiger partial charge in [0, 0.05) is 39.3 Å². The summed E-state index contributed by atoms with van der Waals surface area (Å²) in [4.78, 5) is 36.0. The number of amides is 1. The second kappa shape index (κ2) is 8.03. The number of nitrogens with zero attached hydrogens (tertiary/aromatic N) is 7. The Morgan fingerprint density at radius 3 is 2.73 bits per heavy atom. The van der Waals surface area contributed by atoms with Crippen molar-refractivity contribution in [2.24, 2.45) is 7.05 Å². The number of anilines is 2. The number of piperazine rings is 1. The monoisotopic (exact) mass is 410 g/mol. The predicted octanol–water partition coefficient (Wildman–Crippen LogP) is 1.34. The maximum atomic E-state index is 12.5. The number of aryl methyl sites for hydroxylation is 1. The molecule has 0 unspecified atom stereocenters. The lowest BCUT2D eigenvalue weighted by Crippen LogP contribution is -2.49. The lowest BCUT2D eigenvalue weighted by Gasteiger charge is -2.35. The van der Waals surface area contributed by atoms with Gasteiger partial charge in [0.2, 0.25) is 5.91 Å². The van der Waals surface area contributed by atoms with E-state index in [2.05, 4.69) is 30.2 Å². The molecule has 1 amide bonds. The summed E-state index contributed by atoms with van der Waals surface area (Å²) in [6, 6.07) is 4.67. The van der Waals surface area contributed by atoms with E-state index in [1.807, 2.05) is 7.05 Å². The highest BCUT2D eigenvalue weighted by atomic mass is 16.6. The van der Waals surface area contributed by atoms with Gasteiger partial charge in [-0.3, -0.25) is 24.5 Å². The van der Waals surface area contributed by atoms with Crippen molar-refractivity contribution in [3.8, 4) is 0 Å². The molecule has 1 aliphatic rings. The van der Waals surface area contributed by atoms with E-state index in [1.54, 1.807) is 36.3 Å². The van der Waals surface area contributed by atoms with Crippen LogP contribution >= 0.6 is 0 Å². The topological polar surface area (TPSA) is 122 Å². The molecule has 1 N–H and O–H groups in total. The van der Waals surface area contributed by atoms with Crippen LogP contribution in [-0.2, 0) is 11.8 Å². The Morgan fingerprint density at radius 2 is 2.00 bits per heavy atom. The summed E-state index contributed by atoms with van der Waals surface area (Å²) in [5, 5.41) is 19.0. The molecular formula is C19H22N8O3. The van der Waals surface area contributed by atoms with Crippen LogP contribution in [0.2, 0.25) is 0 Å². The third kappa shape index (κ3) is 3.79. The van der Waals surface area contributed by atoms with Crippen LogP contribution in [0.5, 0.6) is 0 Å². The van der Waals surface area contributed by atoms with Crippen molar-refractivity contribution in [1.82, 2.24) is 24.6 Å². The first-order valence-electron chi connectivity index (χ1n) is 9.58. The van der Waals surface area contributed by atoms with Crippen molar-refractivity contribution < 1.29 is 9.72 Å². The second-order valence-electron chi connectivity index (χ2n) is 7.22. The van der Waals surface area contributed by atoms with Crippen LogP contribution in [0.25, 0.3) is 11.0 Å². The SMILES string of the molecule is Cc1c(NC(=O)CN2CCN(c3ncnc4c3cnn4C)CC2)cccc1[N+](=O)[O-]. The molecule has 11 nitrogen and oxygen atoms in total. The third-order valence-electron chi connectivity index (χ3n) is 5.32. The molecule has 0 spiro atoms. The highest BCUT2D eigenvalue weighted by Gasteiger charge is 2.23. The van der Waals surface area contributed by atoms with Gasteiger partial charge in [-0.1, -0.05) is 6.07 Å². The number of nitro benzene ring substituents is 1. The standard InChI is InChI=1S/C19H22N8O3/c1-13-15(4-3-5-16(13)27(29)30)23-17(28)11-25-6-8-26(9-7-25)19-14-10-22-24(2)18(14)20-12-21-19/h3-5,10,12H,6-9,11H2,1-2H3,(H,23,28). The van der Waals surface area contributed by atoms with Gasteiger partial charge in [0.05, 0.1) is 34.3 Å². The molecule has 0 radical (unpaired) electrons. The number of nitro groups is 1. The van der Waals surface area contributed by atoms with E-state index in [-0.39, 0.29) is 18.1 Å². The van der Waals surface area contributed by atoms with Crippen LogP contribution in [-0.4, -0.2) is 68.2 Å². The smallest absolute Gasteiger partial charge is 0.274 e. The summed E-state index contributed by atoms with van der Waals surface area (Å²) >= 11 is 0. The molecule has 0 saturated carbocycles. The van der Waals surface area contributed by atoms with Crippen molar-refractivity contribution in [2.75, 3.05) is 42.9 Å². The number of hydrogen-bond donors (Lipinski definition) is 1.